The third-order valence-electron chi connectivity index (χ3n) is 5.19. The van der Waals surface area contributed by atoms with Crippen molar-refractivity contribution in [2.75, 3.05) is 40.5 Å². The third kappa shape index (κ3) is 12.0. The average Bonchev–Trinajstić information content (AvgIpc) is 2.86. The minimum atomic E-state index is -0.177. The Morgan fingerprint density at radius 3 is 1.51 bits per heavy atom. The molecule has 35 heavy (non-hydrogen) atoms. The van der Waals surface area contributed by atoms with Crippen molar-refractivity contribution in [3.8, 4) is 0 Å². The smallest absolute Gasteiger partial charge is 0.407 e. The van der Waals surface area contributed by atoms with Crippen molar-refractivity contribution in [3.63, 3.8) is 0 Å². The minimum Gasteiger partial charge on any atom is -0.407 e. The summed E-state index contributed by atoms with van der Waals surface area (Å²) in [4.78, 5) is 12.3. The maximum absolute atomic E-state index is 10.5. The van der Waals surface area contributed by atoms with Crippen molar-refractivity contribution in [2.24, 2.45) is 5.41 Å². The summed E-state index contributed by atoms with van der Waals surface area (Å²) < 4.78 is 15.6. The number of carbonyl (C=O) groups is 1. The second kappa shape index (κ2) is 16.9. The number of amides is 1. The molecule has 1 heterocycles. The van der Waals surface area contributed by atoms with Gasteiger partial charge in [0.1, 0.15) is 0 Å². The number of hydrogen-bond acceptors (Lipinski definition) is 4. The van der Waals surface area contributed by atoms with Gasteiger partial charge in [-0.05, 0) is 30.1 Å². The van der Waals surface area contributed by atoms with Gasteiger partial charge >= 0.3 is 7.12 Å². The Kier molecular flexibility index (Phi) is 14.6. The van der Waals surface area contributed by atoms with Gasteiger partial charge < -0.3 is 18.9 Å². The van der Waals surface area contributed by atoms with Crippen LogP contribution in [0.1, 0.15) is 34.6 Å². The molecule has 0 N–H and O–H groups in total. The average molecular weight is 479 g/mol. The standard InChI is InChI=1S/C11H15BO2.C10H8.C6H13NO.C2H6O/c1-11(2)8-13-12(14-9-11)10-6-4-3-5-7-10;1-2-6-10-8-4-3-7-9(10)5-1;1-4-7(5-2)6(3)8;1-3-2/h3-7H,8-9H2,1-2H3;1-8H;4-5H2,1-3H3;1-2H3. The first-order chi connectivity index (χ1) is 16.8. The third-order valence-corrected chi connectivity index (χ3v) is 5.19. The zero-order valence-corrected chi connectivity index (χ0v) is 22.5. The molecule has 0 unspecified atom stereocenters. The van der Waals surface area contributed by atoms with E-state index in [2.05, 4.69) is 67.1 Å². The van der Waals surface area contributed by atoms with Crippen LogP contribution in [0.25, 0.3) is 10.8 Å². The number of rotatable bonds is 3. The van der Waals surface area contributed by atoms with Gasteiger partial charge in [0.05, 0.1) is 0 Å². The van der Waals surface area contributed by atoms with Gasteiger partial charge in [-0.3, -0.25) is 4.79 Å². The molecular weight excluding hydrogens is 437 g/mol. The number of fused-ring (bicyclic) bond motifs is 1. The molecule has 4 rings (SSSR count). The van der Waals surface area contributed by atoms with E-state index in [0.717, 1.165) is 31.8 Å². The summed E-state index contributed by atoms with van der Waals surface area (Å²) >= 11 is 0. The normalized spacial score (nSPS) is 13.7. The first-order valence-electron chi connectivity index (χ1n) is 12.2. The molecule has 0 bridgehead atoms. The molecule has 0 spiro atoms. The number of hydrogen-bond donors (Lipinski definition) is 0. The highest BCUT2D eigenvalue weighted by molar-refractivity contribution is 6.61. The van der Waals surface area contributed by atoms with E-state index in [9.17, 15) is 4.79 Å². The Morgan fingerprint density at radius 2 is 1.20 bits per heavy atom. The lowest BCUT2D eigenvalue weighted by Gasteiger charge is -2.33. The number of methoxy groups -OCH3 is 1. The Morgan fingerprint density at radius 1 is 0.829 bits per heavy atom. The molecule has 1 aliphatic heterocycles. The van der Waals surface area contributed by atoms with Gasteiger partial charge in [-0.25, -0.2) is 0 Å². The van der Waals surface area contributed by atoms with E-state index in [0.29, 0.717) is 0 Å². The lowest BCUT2D eigenvalue weighted by atomic mass is 9.76. The van der Waals surface area contributed by atoms with Crippen molar-refractivity contribution in [1.82, 2.24) is 4.90 Å². The maximum atomic E-state index is 10.5. The summed E-state index contributed by atoms with van der Waals surface area (Å²) in [5.74, 6) is 0.162. The molecule has 1 fully saturated rings. The van der Waals surface area contributed by atoms with Crippen LogP contribution in [0.5, 0.6) is 0 Å². The second-order valence-corrected chi connectivity index (χ2v) is 8.98. The Balaban J connectivity index is 0.000000258. The Labute approximate surface area is 212 Å². The van der Waals surface area contributed by atoms with Gasteiger partial charge in [-0.2, -0.15) is 0 Å². The SMILES string of the molecule is CC1(C)COB(c2ccccc2)OC1.CCN(CC)C(C)=O.COC.c1ccc2ccccc2c1. The second-order valence-electron chi connectivity index (χ2n) is 8.98. The van der Waals surface area contributed by atoms with Crippen molar-refractivity contribution in [3.05, 3.63) is 78.9 Å². The molecule has 6 heteroatoms. The van der Waals surface area contributed by atoms with Gasteiger partial charge in [-0.1, -0.05) is 92.7 Å². The van der Waals surface area contributed by atoms with Gasteiger partial charge in [0.15, 0.2) is 0 Å². The van der Waals surface area contributed by atoms with E-state index < -0.39 is 0 Å². The molecule has 1 amide bonds. The molecule has 3 aromatic carbocycles. The predicted molar refractivity (Wildman–Crippen MR) is 148 cm³/mol. The molecule has 190 valence electrons. The van der Waals surface area contributed by atoms with Crippen LogP contribution in [0, 0.1) is 5.41 Å². The molecule has 0 atom stereocenters. The molecular formula is C29H42BNO4. The number of ether oxygens (including phenoxy) is 1. The van der Waals surface area contributed by atoms with Crippen LogP contribution in [-0.2, 0) is 18.8 Å². The highest BCUT2D eigenvalue weighted by Crippen LogP contribution is 2.21. The van der Waals surface area contributed by atoms with E-state index in [1.807, 2.05) is 44.2 Å². The first-order valence-corrected chi connectivity index (χ1v) is 12.2. The van der Waals surface area contributed by atoms with Crippen LogP contribution in [0.4, 0.5) is 0 Å². The highest BCUT2D eigenvalue weighted by atomic mass is 16.6. The fourth-order valence-corrected chi connectivity index (χ4v) is 3.30. The maximum Gasteiger partial charge on any atom is 0.493 e. The topological polar surface area (TPSA) is 48.0 Å². The Hall–Kier alpha value is -2.67. The van der Waals surface area contributed by atoms with Crippen molar-refractivity contribution in [1.29, 1.82) is 0 Å². The molecule has 0 aliphatic carbocycles. The number of nitrogens with zero attached hydrogens (tertiary/aromatic N) is 1. The van der Waals surface area contributed by atoms with Crippen LogP contribution in [0.15, 0.2) is 78.9 Å². The summed E-state index contributed by atoms with van der Waals surface area (Å²) in [5, 5.41) is 2.62. The van der Waals surface area contributed by atoms with E-state index in [1.54, 1.807) is 26.0 Å². The highest BCUT2D eigenvalue weighted by Gasteiger charge is 2.32. The molecule has 0 saturated carbocycles. The molecule has 0 aromatic heterocycles. The number of benzene rings is 3. The van der Waals surface area contributed by atoms with Crippen molar-refractivity contribution >= 4 is 29.3 Å². The summed E-state index contributed by atoms with van der Waals surface area (Å²) in [7, 11) is 3.07. The van der Waals surface area contributed by atoms with Crippen LogP contribution in [0.2, 0.25) is 0 Å². The van der Waals surface area contributed by atoms with Gasteiger partial charge in [0.25, 0.3) is 0 Å². The summed E-state index contributed by atoms with van der Waals surface area (Å²) in [6.07, 6.45) is 0. The minimum absolute atomic E-state index is 0.144. The van der Waals surface area contributed by atoms with Gasteiger partial charge in [0.2, 0.25) is 5.91 Å². The summed E-state index contributed by atoms with van der Waals surface area (Å²) in [6, 6.07) is 26.8. The van der Waals surface area contributed by atoms with Crippen LogP contribution in [0.3, 0.4) is 0 Å². The lowest BCUT2D eigenvalue weighted by molar-refractivity contribution is -0.128. The predicted octanol–water partition coefficient (Wildman–Crippen LogP) is 5.43. The van der Waals surface area contributed by atoms with Gasteiger partial charge in [0, 0.05) is 52.9 Å². The number of carbonyl (C=O) groups excluding carboxylic acids is 1. The monoisotopic (exact) mass is 479 g/mol. The summed E-state index contributed by atoms with van der Waals surface area (Å²) in [5.41, 5.74) is 1.24. The lowest BCUT2D eigenvalue weighted by Crippen LogP contribution is -2.47. The van der Waals surface area contributed by atoms with Crippen molar-refractivity contribution in [2.45, 2.75) is 34.6 Å². The molecule has 1 saturated heterocycles. The zero-order valence-electron chi connectivity index (χ0n) is 22.5. The first kappa shape index (κ1) is 30.4. The fraction of sp³-hybridized carbons (Fsp3) is 0.414. The molecule has 3 aromatic rings. The molecule has 1 aliphatic rings. The Bertz CT molecular complexity index is 886. The largest absolute Gasteiger partial charge is 0.493 e. The van der Waals surface area contributed by atoms with Crippen LogP contribution in [-0.4, -0.2) is 58.4 Å². The zero-order chi connectivity index (χ0) is 26.1. The van der Waals surface area contributed by atoms with Crippen LogP contribution >= 0.6 is 0 Å². The molecule has 0 radical (unpaired) electrons. The quantitative estimate of drug-likeness (QED) is 0.470. The van der Waals surface area contributed by atoms with E-state index in [4.69, 9.17) is 9.31 Å². The van der Waals surface area contributed by atoms with Crippen LogP contribution < -0.4 is 5.46 Å². The van der Waals surface area contributed by atoms with Crippen molar-refractivity contribution < 1.29 is 18.8 Å². The van der Waals surface area contributed by atoms with E-state index >= 15 is 0 Å². The van der Waals surface area contributed by atoms with E-state index in [1.165, 1.54) is 10.8 Å². The van der Waals surface area contributed by atoms with Gasteiger partial charge in [-0.15, -0.1) is 0 Å². The molecule has 5 nitrogen and oxygen atoms in total. The van der Waals surface area contributed by atoms with E-state index in [-0.39, 0.29) is 18.4 Å². The summed E-state index contributed by atoms with van der Waals surface area (Å²) in [6.45, 7) is 13.0. The fourth-order valence-electron chi connectivity index (χ4n) is 3.30.